The summed E-state index contributed by atoms with van der Waals surface area (Å²) in [6.45, 7) is 6.25. The number of hydrogen-bond donors (Lipinski definition) is 2. The maximum absolute atomic E-state index is 12.8. The number of rotatable bonds is 4. The van der Waals surface area contributed by atoms with Gasteiger partial charge in [0.15, 0.2) is 0 Å². The molecule has 7 heteroatoms. The molecule has 0 fully saturated rings. The highest BCUT2D eigenvalue weighted by atomic mass is 19.4. The molecule has 1 amide bonds. The summed E-state index contributed by atoms with van der Waals surface area (Å²) in [6, 6.07) is 13.5. The minimum absolute atomic E-state index is 0.00295. The normalized spacial score (nSPS) is 12.2. The van der Waals surface area contributed by atoms with Crippen molar-refractivity contribution in [3.63, 3.8) is 0 Å². The van der Waals surface area contributed by atoms with Gasteiger partial charge in [-0.25, -0.2) is 0 Å². The summed E-state index contributed by atoms with van der Waals surface area (Å²) >= 11 is 0. The summed E-state index contributed by atoms with van der Waals surface area (Å²) in [4.78, 5) is 12.2. The van der Waals surface area contributed by atoms with E-state index in [1.807, 2.05) is 24.3 Å². The van der Waals surface area contributed by atoms with Gasteiger partial charge in [0, 0.05) is 17.6 Å². The van der Waals surface area contributed by atoms with Gasteiger partial charge < -0.3 is 10.6 Å². The number of benzene rings is 2. The number of carbonyl (C=O) groups is 1. The molecule has 0 unspecified atom stereocenters. The highest BCUT2D eigenvalue weighted by Gasteiger charge is 2.30. The summed E-state index contributed by atoms with van der Waals surface area (Å²) < 4.78 is 38.3. The van der Waals surface area contributed by atoms with E-state index in [9.17, 15) is 23.2 Å². The average molecular weight is 387 g/mol. The van der Waals surface area contributed by atoms with E-state index in [1.165, 1.54) is 18.3 Å². The third kappa shape index (κ3) is 5.61. The fraction of sp³-hybridized carbons (Fsp3) is 0.238. The molecule has 0 aliphatic rings. The highest BCUT2D eigenvalue weighted by Crippen LogP contribution is 2.30. The Morgan fingerprint density at radius 2 is 1.64 bits per heavy atom. The lowest BCUT2D eigenvalue weighted by molar-refractivity contribution is -0.137. The number of nitriles is 1. The molecule has 2 rings (SSSR count). The number of carbonyl (C=O) groups excluding carboxylic acids is 1. The third-order valence-electron chi connectivity index (χ3n) is 3.95. The Balaban J connectivity index is 2.10. The number of hydrogen-bond acceptors (Lipinski definition) is 3. The Labute approximate surface area is 161 Å². The Bertz CT molecular complexity index is 918. The number of amides is 1. The number of alkyl halides is 3. The maximum atomic E-state index is 12.8. The average Bonchev–Trinajstić information content (AvgIpc) is 2.61. The van der Waals surface area contributed by atoms with Crippen LogP contribution in [-0.4, -0.2) is 5.91 Å². The lowest BCUT2D eigenvalue weighted by atomic mass is 9.87. The molecule has 0 saturated carbocycles. The van der Waals surface area contributed by atoms with E-state index in [0.717, 1.165) is 17.7 Å². The van der Waals surface area contributed by atoms with Crippen LogP contribution in [0.2, 0.25) is 0 Å². The van der Waals surface area contributed by atoms with Crippen molar-refractivity contribution >= 4 is 17.3 Å². The molecule has 0 atom stereocenters. The first-order valence-corrected chi connectivity index (χ1v) is 8.46. The number of nitrogens with zero attached hydrogens (tertiary/aromatic N) is 1. The first kappa shape index (κ1) is 21.0. The van der Waals surface area contributed by atoms with Gasteiger partial charge in [-0.05, 0) is 41.3 Å². The Kier molecular flexibility index (Phi) is 6.14. The summed E-state index contributed by atoms with van der Waals surface area (Å²) in [6.07, 6.45) is -3.30. The molecule has 4 nitrogen and oxygen atoms in total. The minimum atomic E-state index is -4.52. The third-order valence-corrected chi connectivity index (χ3v) is 3.95. The predicted octanol–water partition coefficient (Wildman–Crippen LogP) is 5.46. The van der Waals surface area contributed by atoms with Crippen molar-refractivity contribution < 1.29 is 18.0 Å². The van der Waals surface area contributed by atoms with Gasteiger partial charge in [-0.2, -0.15) is 18.4 Å². The van der Waals surface area contributed by atoms with Gasteiger partial charge in [0.1, 0.15) is 11.6 Å². The van der Waals surface area contributed by atoms with Crippen molar-refractivity contribution in [2.75, 3.05) is 10.6 Å². The first-order chi connectivity index (χ1) is 13.0. The molecule has 0 aromatic heterocycles. The van der Waals surface area contributed by atoms with E-state index in [4.69, 9.17) is 0 Å². The molecule has 2 aromatic rings. The first-order valence-electron chi connectivity index (χ1n) is 8.46. The number of anilines is 2. The fourth-order valence-electron chi connectivity index (χ4n) is 2.34. The smallest absolute Gasteiger partial charge is 0.360 e. The molecule has 0 aliphatic carbocycles. The van der Waals surface area contributed by atoms with Crippen molar-refractivity contribution in [1.82, 2.24) is 0 Å². The van der Waals surface area contributed by atoms with Crippen molar-refractivity contribution in [1.29, 1.82) is 5.26 Å². The molecule has 28 heavy (non-hydrogen) atoms. The molecule has 2 aromatic carbocycles. The van der Waals surface area contributed by atoms with E-state index in [-0.39, 0.29) is 16.7 Å². The fourth-order valence-corrected chi connectivity index (χ4v) is 2.34. The molecule has 146 valence electrons. The van der Waals surface area contributed by atoms with Gasteiger partial charge in [-0.1, -0.05) is 39.0 Å². The molecule has 2 N–H and O–H groups in total. The Hall–Kier alpha value is -3.27. The van der Waals surface area contributed by atoms with Gasteiger partial charge in [-0.3, -0.25) is 4.79 Å². The van der Waals surface area contributed by atoms with Crippen LogP contribution in [0.3, 0.4) is 0 Å². The van der Waals surface area contributed by atoms with Crippen LogP contribution in [0.5, 0.6) is 0 Å². The van der Waals surface area contributed by atoms with Crippen molar-refractivity contribution in [3.8, 4) is 6.07 Å². The standard InChI is InChI=1S/C21H20F3N3O/c1-20(2,3)15-7-9-17(10-8-15)26-13-14(12-25)19(28)27-18-6-4-5-16(11-18)21(22,23)24/h4-11,13,26H,1-3H3,(H,27,28)/b14-13-. The Morgan fingerprint density at radius 3 is 2.18 bits per heavy atom. The highest BCUT2D eigenvalue weighted by molar-refractivity contribution is 6.06. The molecule has 0 heterocycles. The van der Waals surface area contributed by atoms with Gasteiger partial charge in [0.25, 0.3) is 5.91 Å². The number of halogens is 3. The maximum Gasteiger partial charge on any atom is 0.416 e. The Morgan fingerprint density at radius 1 is 1.00 bits per heavy atom. The van der Waals surface area contributed by atoms with Gasteiger partial charge in [-0.15, -0.1) is 0 Å². The molecule has 0 spiro atoms. The van der Waals surface area contributed by atoms with E-state index in [2.05, 4.69) is 31.4 Å². The van der Waals surface area contributed by atoms with E-state index < -0.39 is 17.6 Å². The minimum Gasteiger partial charge on any atom is -0.360 e. The zero-order valence-corrected chi connectivity index (χ0v) is 15.7. The molecule has 0 saturated heterocycles. The second-order valence-corrected chi connectivity index (χ2v) is 7.17. The van der Waals surface area contributed by atoms with Crippen molar-refractivity contribution in [3.05, 3.63) is 71.4 Å². The predicted molar refractivity (Wildman–Crippen MR) is 103 cm³/mol. The largest absolute Gasteiger partial charge is 0.416 e. The second-order valence-electron chi connectivity index (χ2n) is 7.17. The van der Waals surface area contributed by atoms with Crippen LogP contribution >= 0.6 is 0 Å². The van der Waals surface area contributed by atoms with Crippen LogP contribution in [-0.2, 0) is 16.4 Å². The summed E-state index contributed by atoms with van der Waals surface area (Å²) in [7, 11) is 0. The summed E-state index contributed by atoms with van der Waals surface area (Å²) in [5.74, 6) is -0.805. The van der Waals surface area contributed by atoms with Crippen LogP contribution < -0.4 is 10.6 Å². The molecular weight excluding hydrogens is 367 g/mol. The van der Waals surface area contributed by atoms with Crippen molar-refractivity contribution in [2.45, 2.75) is 32.4 Å². The molecule has 0 bridgehead atoms. The van der Waals surface area contributed by atoms with Crippen LogP contribution in [0.4, 0.5) is 24.5 Å². The van der Waals surface area contributed by atoms with E-state index in [1.54, 1.807) is 6.07 Å². The van der Waals surface area contributed by atoms with Crippen molar-refractivity contribution in [2.24, 2.45) is 0 Å². The van der Waals surface area contributed by atoms with Crippen LogP contribution in [0, 0.1) is 11.3 Å². The zero-order chi connectivity index (χ0) is 20.9. The second kappa shape index (κ2) is 8.17. The van der Waals surface area contributed by atoms with Gasteiger partial charge in [0.05, 0.1) is 5.56 Å². The summed E-state index contributed by atoms with van der Waals surface area (Å²) in [5, 5.41) is 14.3. The lowest BCUT2D eigenvalue weighted by Crippen LogP contribution is -2.15. The quantitative estimate of drug-likeness (QED) is 0.541. The van der Waals surface area contributed by atoms with Crippen LogP contribution in [0.15, 0.2) is 60.3 Å². The summed E-state index contributed by atoms with van der Waals surface area (Å²) in [5.41, 5.74) is 0.604. The van der Waals surface area contributed by atoms with Crippen LogP contribution in [0.25, 0.3) is 0 Å². The molecule has 0 radical (unpaired) electrons. The molecular formula is C21H20F3N3O. The van der Waals surface area contributed by atoms with Gasteiger partial charge >= 0.3 is 6.18 Å². The monoisotopic (exact) mass is 387 g/mol. The SMILES string of the molecule is CC(C)(C)c1ccc(N/C=C(/C#N)C(=O)Nc2cccc(C(F)(F)F)c2)cc1. The lowest BCUT2D eigenvalue weighted by Gasteiger charge is -2.19. The zero-order valence-electron chi connectivity index (χ0n) is 15.7. The van der Waals surface area contributed by atoms with Crippen LogP contribution in [0.1, 0.15) is 31.9 Å². The van der Waals surface area contributed by atoms with E-state index >= 15 is 0 Å². The van der Waals surface area contributed by atoms with Gasteiger partial charge in [0.2, 0.25) is 0 Å². The topological polar surface area (TPSA) is 64.9 Å². The number of nitrogens with one attached hydrogen (secondary N) is 2. The van der Waals surface area contributed by atoms with E-state index in [0.29, 0.717) is 5.69 Å². The molecule has 0 aliphatic heterocycles.